The maximum Gasteiger partial charge on any atom is 0.133 e. The summed E-state index contributed by atoms with van der Waals surface area (Å²) in [4.78, 5) is 0. The Balaban J connectivity index is 2.59. The fourth-order valence-corrected chi connectivity index (χ4v) is 2.00. The molecule has 0 aliphatic heterocycles. The van der Waals surface area contributed by atoms with Gasteiger partial charge in [-0.15, -0.1) is 0 Å². The van der Waals surface area contributed by atoms with Crippen LogP contribution in [0.1, 0.15) is 0 Å². The predicted molar refractivity (Wildman–Crippen MR) is 62.7 cm³/mol. The highest BCUT2D eigenvalue weighted by molar-refractivity contribution is 9.10. The number of aromatic nitrogens is 2. The number of H-pyrrole nitrogens is 1. The molecule has 0 radical (unpaired) electrons. The summed E-state index contributed by atoms with van der Waals surface area (Å²) in [7, 11) is 1.63. The van der Waals surface area contributed by atoms with Crippen molar-refractivity contribution in [2.75, 3.05) is 12.8 Å². The van der Waals surface area contributed by atoms with E-state index in [0.29, 0.717) is 5.69 Å². The molecule has 0 aliphatic carbocycles. The number of rotatable bonds is 2. The minimum Gasteiger partial charge on any atom is -0.496 e. The van der Waals surface area contributed by atoms with Crippen LogP contribution in [0, 0.1) is 0 Å². The van der Waals surface area contributed by atoms with E-state index >= 15 is 0 Å². The number of methoxy groups -OCH3 is 1. The maximum atomic E-state index is 5.78. The van der Waals surface area contributed by atoms with Gasteiger partial charge in [0, 0.05) is 5.56 Å². The summed E-state index contributed by atoms with van der Waals surface area (Å²) in [6.45, 7) is 0. The molecule has 1 aromatic carbocycles. The van der Waals surface area contributed by atoms with Gasteiger partial charge in [0.2, 0.25) is 0 Å². The molecule has 0 spiro atoms. The van der Waals surface area contributed by atoms with E-state index in [0.717, 1.165) is 21.5 Å². The van der Waals surface area contributed by atoms with Gasteiger partial charge in [-0.25, -0.2) is 0 Å². The lowest BCUT2D eigenvalue weighted by Crippen LogP contribution is -1.90. The van der Waals surface area contributed by atoms with Crippen LogP contribution in [0.3, 0.4) is 0 Å². The average molecular weight is 268 g/mol. The molecule has 4 nitrogen and oxygen atoms in total. The van der Waals surface area contributed by atoms with Gasteiger partial charge in [0.05, 0.1) is 29.2 Å². The molecule has 78 valence electrons. The van der Waals surface area contributed by atoms with Crippen molar-refractivity contribution in [2.24, 2.45) is 0 Å². The van der Waals surface area contributed by atoms with Crippen LogP contribution in [0.5, 0.6) is 5.75 Å². The van der Waals surface area contributed by atoms with Crippen molar-refractivity contribution in [3.05, 3.63) is 28.9 Å². The van der Waals surface area contributed by atoms with Crippen LogP contribution in [0.25, 0.3) is 11.3 Å². The van der Waals surface area contributed by atoms with E-state index in [-0.39, 0.29) is 0 Å². The van der Waals surface area contributed by atoms with Crippen LogP contribution in [-0.2, 0) is 0 Å². The van der Waals surface area contributed by atoms with Crippen molar-refractivity contribution in [1.29, 1.82) is 0 Å². The maximum absolute atomic E-state index is 5.78. The molecular formula is C10H10BrN3O. The Morgan fingerprint density at radius 2 is 2.27 bits per heavy atom. The van der Waals surface area contributed by atoms with Crippen molar-refractivity contribution < 1.29 is 4.74 Å². The molecule has 0 saturated heterocycles. The fourth-order valence-electron chi connectivity index (χ4n) is 1.37. The Bertz CT molecular complexity index is 481. The normalized spacial score (nSPS) is 10.3. The van der Waals surface area contributed by atoms with E-state index in [1.54, 1.807) is 13.3 Å². The number of nitrogens with two attached hydrogens (primary N) is 1. The van der Waals surface area contributed by atoms with Gasteiger partial charge in [-0.2, -0.15) is 5.10 Å². The number of benzene rings is 1. The lowest BCUT2D eigenvalue weighted by Gasteiger charge is -2.07. The summed E-state index contributed by atoms with van der Waals surface area (Å²) in [5.41, 5.74) is 8.12. The third-order valence-electron chi connectivity index (χ3n) is 2.12. The average Bonchev–Trinajstić information content (AvgIpc) is 2.65. The second-order valence-corrected chi connectivity index (χ2v) is 3.82. The van der Waals surface area contributed by atoms with Crippen LogP contribution < -0.4 is 10.5 Å². The van der Waals surface area contributed by atoms with Crippen molar-refractivity contribution in [3.63, 3.8) is 0 Å². The minimum absolute atomic E-state index is 0.615. The Labute approximate surface area is 95.6 Å². The van der Waals surface area contributed by atoms with Gasteiger partial charge < -0.3 is 10.5 Å². The van der Waals surface area contributed by atoms with Crippen molar-refractivity contribution in [1.82, 2.24) is 10.2 Å². The molecule has 0 aliphatic rings. The molecule has 0 atom stereocenters. The molecule has 1 heterocycles. The van der Waals surface area contributed by atoms with Gasteiger partial charge in [0.25, 0.3) is 0 Å². The van der Waals surface area contributed by atoms with Crippen LogP contribution >= 0.6 is 15.9 Å². The molecular weight excluding hydrogens is 258 g/mol. The fraction of sp³-hybridized carbons (Fsp3) is 0.100. The quantitative estimate of drug-likeness (QED) is 0.879. The predicted octanol–water partition coefficient (Wildman–Crippen LogP) is 2.43. The van der Waals surface area contributed by atoms with Crippen molar-refractivity contribution >= 4 is 21.6 Å². The molecule has 2 rings (SSSR count). The van der Waals surface area contributed by atoms with Crippen LogP contribution in [0.15, 0.2) is 28.9 Å². The second kappa shape index (κ2) is 3.94. The van der Waals surface area contributed by atoms with Crippen molar-refractivity contribution in [2.45, 2.75) is 0 Å². The molecule has 0 fully saturated rings. The summed E-state index contributed by atoms with van der Waals surface area (Å²) in [6.07, 6.45) is 1.58. The molecule has 3 N–H and O–H groups in total. The van der Waals surface area contributed by atoms with E-state index < -0.39 is 0 Å². The zero-order valence-electron chi connectivity index (χ0n) is 8.12. The van der Waals surface area contributed by atoms with Crippen molar-refractivity contribution in [3.8, 4) is 17.0 Å². The highest BCUT2D eigenvalue weighted by Crippen LogP contribution is 2.36. The largest absolute Gasteiger partial charge is 0.496 e. The summed E-state index contributed by atoms with van der Waals surface area (Å²) in [5, 5.41) is 6.74. The van der Waals surface area contributed by atoms with E-state index in [2.05, 4.69) is 26.1 Å². The first-order valence-corrected chi connectivity index (χ1v) is 5.15. The molecule has 5 heteroatoms. The van der Waals surface area contributed by atoms with E-state index in [1.807, 2.05) is 18.2 Å². The molecule has 0 saturated carbocycles. The van der Waals surface area contributed by atoms with Gasteiger partial charge >= 0.3 is 0 Å². The monoisotopic (exact) mass is 267 g/mol. The Morgan fingerprint density at radius 1 is 1.47 bits per heavy atom. The second-order valence-electron chi connectivity index (χ2n) is 3.02. The van der Waals surface area contributed by atoms with Gasteiger partial charge in [-0.05, 0) is 22.0 Å². The smallest absolute Gasteiger partial charge is 0.133 e. The van der Waals surface area contributed by atoms with Gasteiger partial charge in [-0.1, -0.05) is 12.1 Å². The molecule has 1 aromatic heterocycles. The van der Waals surface area contributed by atoms with Gasteiger partial charge in [0.1, 0.15) is 5.75 Å². The van der Waals surface area contributed by atoms with E-state index in [4.69, 9.17) is 10.5 Å². The number of aromatic amines is 1. The Kier molecular flexibility index (Phi) is 2.64. The summed E-state index contributed by atoms with van der Waals surface area (Å²) in [5.74, 6) is 0.765. The van der Waals surface area contributed by atoms with E-state index in [1.165, 1.54) is 0 Å². The highest BCUT2D eigenvalue weighted by Gasteiger charge is 2.11. The lowest BCUT2D eigenvalue weighted by atomic mass is 10.1. The van der Waals surface area contributed by atoms with Crippen LogP contribution in [0.4, 0.5) is 5.69 Å². The number of ether oxygens (including phenoxy) is 1. The molecule has 0 unspecified atom stereocenters. The SMILES string of the molecule is COc1cccc(-c2[nH]ncc2N)c1Br. The number of anilines is 1. The Morgan fingerprint density at radius 3 is 2.87 bits per heavy atom. The third kappa shape index (κ3) is 1.70. The molecule has 0 bridgehead atoms. The van der Waals surface area contributed by atoms with Gasteiger partial charge in [-0.3, -0.25) is 5.10 Å². The molecule has 15 heavy (non-hydrogen) atoms. The number of nitrogen functional groups attached to an aromatic ring is 1. The number of halogens is 1. The zero-order valence-corrected chi connectivity index (χ0v) is 9.71. The third-order valence-corrected chi connectivity index (χ3v) is 2.94. The number of hydrogen-bond acceptors (Lipinski definition) is 3. The topological polar surface area (TPSA) is 63.9 Å². The first-order chi connectivity index (χ1) is 7.24. The lowest BCUT2D eigenvalue weighted by molar-refractivity contribution is 0.412. The first kappa shape index (κ1) is 10.0. The van der Waals surface area contributed by atoms with E-state index in [9.17, 15) is 0 Å². The first-order valence-electron chi connectivity index (χ1n) is 4.35. The highest BCUT2D eigenvalue weighted by atomic mass is 79.9. The molecule has 0 amide bonds. The summed E-state index contributed by atoms with van der Waals surface area (Å²) in [6, 6.07) is 5.72. The number of hydrogen-bond donors (Lipinski definition) is 2. The Hall–Kier alpha value is -1.49. The number of nitrogens with zero attached hydrogens (tertiary/aromatic N) is 1. The standard InChI is InChI=1S/C10H10BrN3O/c1-15-8-4-2-3-6(9(8)11)10-7(12)5-13-14-10/h2-5H,12H2,1H3,(H,13,14). The zero-order chi connectivity index (χ0) is 10.8. The van der Waals surface area contributed by atoms with Crippen LogP contribution in [-0.4, -0.2) is 17.3 Å². The molecule has 2 aromatic rings. The summed E-state index contributed by atoms with van der Waals surface area (Å²) < 4.78 is 6.07. The minimum atomic E-state index is 0.615. The summed E-state index contributed by atoms with van der Waals surface area (Å²) >= 11 is 3.47. The number of nitrogens with one attached hydrogen (secondary N) is 1. The van der Waals surface area contributed by atoms with Crippen LogP contribution in [0.2, 0.25) is 0 Å². The van der Waals surface area contributed by atoms with Gasteiger partial charge in [0.15, 0.2) is 0 Å².